The van der Waals surface area contributed by atoms with Gasteiger partial charge in [-0.1, -0.05) is 57.0 Å². The summed E-state index contributed by atoms with van der Waals surface area (Å²) in [5, 5.41) is 6.03. The molecule has 1 fully saturated rings. The number of hydrogen-bond acceptors (Lipinski definition) is 1. The van der Waals surface area contributed by atoms with Crippen molar-refractivity contribution < 1.29 is 4.79 Å². The molecule has 0 spiro atoms. The molecule has 3 heteroatoms. The minimum absolute atomic E-state index is 0.0473. The minimum Gasteiger partial charge on any atom is -0.338 e. The van der Waals surface area contributed by atoms with Crippen molar-refractivity contribution in [3.05, 3.63) is 35.9 Å². The van der Waals surface area contributed by atoms with E-state index >= 15 is 0 Å². The average Bonchev–Trinajstić information content (AvgIpc) is 2.92. The number of urea groups is 1. The predicted octanol–water partition coefficient (Wildman–Crippen LogP) is 4.09. The van der Waals surface area contributed by atoms with Crippen molar-refractivity contribution in [2.45, 2.75) is 52.5 Å². The Morgan fingerprint density at radius 2 is 1.81 bits per heavy atom. The molecule has 0 aromatic heterocycles. The quantitative estimate of drug-likeness (QED) is 0.813. The maximum Gasteiger partial charge on any atom is 0.315 e. The molecule has 1 aliphatic rings. The molecule has 116 valence electrons. The average molecular weight is 288 g/mol. The zero-order valence-corrected chi connectivity index (χ0v) is 13.3. The van der Waals surface area contributed by atoms with Crippen LogP contribution in [-0.2, 0) is 6.54 Å². The largest absolute Gasteiger partial charge is 0.338 e. The van der Waals surface area contributed by atoms with E-state index in [9.17, 15) is 4.79 Å². The first-order valence-corrected chi connectivity index (χ1v) is 8.15. The lowest BCUT2D eigenvalue weighted by Gasteiger charge is -2.31. The Labute approximate surface area is 128 Å². The van der Waals surface area contributed by atoms with Crippen molar-refractivity contribution in [1.29, 1.82) is 0 Å². The van der Waals surface area contributed by atoms with Crippen molar-refractivity contribution >= 4 is 6.03 Å². The maximum absolute atomic E-state index is 12.0. The van der Waals surface area contributed by atoms with E-state index in [1.165, 1.54) is 32.1 Å². The first-order valence-electron chi connectivity index (χ1n) is 8.15. The summed E-state index contributed by atoms with van der Waals surface area (Å²) in [6.07, 6.45) is 6.33. The van der Waals surface area contributed by atoms with Gasteiger partial charge >= 0.3 is 6.03 Å². The van der Waals surface area contributed by atoms with Crippen LogP contribution < -0.4 is 10.6 Å². The summed E-state index contributed by atoms with van der Waals surface area (Å²) in [5.74, 6) is 0.692. The zero-order valence-electron chi connectivity index (χ0n) is 13.3. The third kappa shape index (κ3) is 5.07. The molecule has 2 rings (SSSR count). The summed E-state index contributed by atoms with van der Waals surface area (Å²) < 4.78 is 0. The second kappa shape index (κ2) is 7.48. The van der Waals surface area contributed by atoms with Crippen LogP contribution in [0.5, 0.6) is 0 Å². The van der Waals surface area contributed by atoms with E-state index in [0.717, 1.165) is 12.1 Å². The lowest BCUT2D eigenvalue weighted by Crippen LogP contribution is -2.42. The van der Waals surface area contributed by atoms with Crippen LogP contribution in [0.4, 0.5) is 4.79 Å². The van der Waals surface area contributed by atoms with Crippen LogP contribution in [0, 0.1) is 11.3 Å². The molecular weight excluding hydrogens is 260 g/mol. The molecule has 0 radical (unpaired) electrons. The highest BCUT2D eigenvalue weighted by Crippen LogP contribution is 2.42. The summed E-state index contributed by atoms with van der Waals surface area (Å²) in [4.78, 5) is 12.0. The molecule has 2 N–H and O–H groups in total. The molecule has 0 heterocycles. The Kier molecular flexibility index (Phi) is 5.66. The van der Waals surface area contributed by atoms with Crippen LogP contribution in [0.3, 0.4) is 0 Å². The predicted molar refractivity (Wildman–Crippen MR) is 87.0 cm³/mol. The first-order chi connectivity index (χ1) is 10.1. The molecule has 1 aromatic carbocycles. The number of carbonyl (C=O) groups is 1. The van der Waals surface area contributed by atoms with Gasteiger partial charge in [-0.15, -0.1) is 0 Å². The summed E-state index contributed by atoms with van der Waals surface area (Å²) >= 11 is 0. The van der Waals surface area contributed by atoms with E-state index in [1.807, 2.05) is 30.3 Å². The zero-order chi connectivity index (χ0) is 15.1. The fraction of sp³-hybridized carbons (Fsp3) is 0.611. The van der Waals surface area contributed by atoms with Gasteiger partial charge in [0.2, 0.25) is 0 Å². The molecule has 0 aliphatic heterocycles. The Balaban J connectivity index is 1.77. The van der Waals surface area contributed by atoms with Crippen molar-refractivity contribution in [1.82, 2.24) is 10.6 Å². The minimum atomic E-state index is -0.0473. The smallest absolute Gasteiger partial charge is 0.315 e. The van der Waals surface area contributed by atoms with Crippen LogP contribution in [0.1, 0.15) is 51.5 Å². The fourth-order valence-corrected chi connectivity index (χ4v) is 3.55. The van der Waals surface area contributed by atoms with Gasteiger partial charge in [-0.3, -0.25) is 0 Å². The number of carbonyl (C=O) groups excluding carboxylic acids is 1. The lowest BCUT2D eigenvalue weighted by atomic mass is 9.78. The molecule has 3 nitrogen and oxygen atoms in total. The molecule has 1 aromatic rings. The number of hydrogen-bond donors (Lipinski definition) is 2. The van der Waals surface area contributed by atoms with Gasteiger partial charge in [0.05, 0.1) is 0 Å². The standard InChI is InChI=1S/C18H28N2O/c1-15(2)12-18(10-6-7-11-18)14-20-17(21)19-13-16-8-4-3-5-9-16/h3-5,8-9,15H,6-7,10-14H2,1-2H3,(H2,19,20,21). The van der Waals surface area contributed by atoms with Gasteiger partial charge in [0, 0.05) is 13.1 Å². The van der Waals surface area contributed by atoms with Gasteiger partial charge < -0.3 is 10.6 Å². The SMILES string of the molecule is CC(C)CC1(CNC(=O)NCc2ccccc2)CCCC1. The van der Waals surface area contributed by atoms with Crippen LogP contribution in [-0.4, -0.2) is 12.6 Å². The molecule has 0 saturated heterocycles. The van der Waals surface area contributed by atoms with Gasteiger partial charge in [-0.05, 0) is 36.2 Å². The van der Waals surface area contributed by atoms with Gasteiger partial charge in [-0.2, -0.15) is 0 Å². The van der Waals surface area contributed by atoms with Gasteiger partial charge in [0.1, 0.15) is 0 Å². The van der Waals surface area contributed by atoms with E-state index < -0.39 is 0 Å². The van der Waals surface area contributed by atoms with Crippen molar-refractivity contribution in [2.24, 2.45) is 11.3 Å². The summed E-state index contributed by atoms with van der Waals surface area (Å²) in [6.45, 7) is 5.95. The molecule has 0 unspecified atom stereocenters. The second-order valence-electron chi connectivity index (χ2n) is 6.83. The molecule has 21 heavy (non-hydrogen) atoms. The fourth-order valence-electron chi connectivity index (χ4n) is 3.55. The highest BCUT2D eigenvalue weighted by atomic mass is 16.2. The van der Waals surface area contributed by atoms with E-state index in [2.05, 4.69) is 24.5 Å². The van der Waals surface area contributed by atoms with E-state index in [0.29, 0.717) is 17.9 Å². The lowest BCUT2D eigenvalue weighted by molar-refractivity contribution is 0.208. The normalized spacial score (nSPS) is 16.9. The third-order valence-corrected chi connectivity index (χ3v) is 4.43. The van der Waals surface area contributed by atoms with Crippen LogP contribution >= 0.6 is 0 Å². The van der Waals surface area contributed by atoms with Crippen molar-refractivity contribution in [2.75, 3.05) is 6.54 Å². The molecule has 0 bridgehead atoms. The highest BCUT2D eigenvalue weighted by molar-refractivity contribution is 5.73. The van der Waals surface area contributed by atoms with Gasteiger partial charge in [0.15, 0.2) is 0 Å². The van der Waals surface area contributed by atoms with Crippen LogP contribution in [0.2, 0.25) is 0 Å². The van der Waals surface area contributed by atoms with Gasteiger partial charge in [-0.25, -0.2) is 4.79 Å². The Morgan fingerprint density at radius 3 is 2.43 bits per heavy atom. The van der Waals surface area contributed by atoms with E-state index in [-0.39, 0.29) is 6.03 Å². The number of nitrogens with one attached hydrogen (secondary N) is 2. The van der Waals surface area contributed by atoms with Crippen LogP contribution in [0.25, 0.3) is 0 Å². The monoisotopic (exact) mass is 288 g/mol. The molecule has 1 saturated carbocycles. The summed E-state index contributed by atoms with van der Waals surface area (Å²) in [7, 11) is 0. The van der Waals surface area contributed by atoms with Crippen LogP contribution in [0.15, 0.2) is 30.3 Å². The molecular formula is C18H28N2O. The number of benzene rings is 1. The topological polar surface area (TPSA) is 41.1 Å². The second-order valence-corrected chi connectivity index (χ2v) is 6.83. The summed E-state index contributed by atoms with van der Waals surface area (Å²) in [6, 6.07) is 9.97. The highest BCUT2D eigenvalue weighted by Gasteiger charge is 2.34. The van der Waals surface area contributed by atoms with E-state index in [4.69, 9.17) is 0 Å². The molecule has 0 atom stereocenters. The Bertz CT molecular complexity index is 436. The molecule has 2 amide bonds. The number of amides is 2. The van der Waals surface area contributed by atoms with Gasteiger partial charge in [0.25, 0.3) is 0 Å². The van der Waals surface area contributed by atoms with Crippen molar-refractivity contribution in [3.8, 4) is 0 Å². The van der Waals surface area contributed by atoms with E-state index in [1.54, 1.807) is 0 Å². The Morgan fingerprint density at radius 1 is 1.14 bits per heavy atom. The Hall–Kier alpha value is -1.51. The summed E-state index contributed by atoms with van der Waals surface area (Å²) in [5.41, 5.74) is 1.46. The third-order valence-electron chi connectivity index (χ3n) is 4.43. The maximum atomic E-state index is 12.0. The number of rotatable bonds is 6. The molecule has 1 aliphatic carbocycles. The van der Waals surface area contributed by atoms with Crippen molar-refractivity contribution in [3.63, 3.8) is 0 Å². The first kappa shape index (κ1) is 15.9.